The van der Waals surface area contributed by atoms with Crippen LogP contribution < -0.4 is 5.73 Å². The number of hydrogen-bond acceptors (Lipinski definition) is 5. The summed E-state index contributed by atoms with van der Waals surface area (Å²) < 4.78 is 6.34. The van der Waals surface area contributed by atoms with Crippen LogP contribution in [0, 0.1) is 0 Å². The van der Waals surface area contributed by atoms with Gasteiger partial charge in [-0.1, -0.05) is 0 Å². The van der Waals surface area contributed by atoms with Gasteiger partial charge < -0.3 is 15.0 Å². The summed E-state index contributed by atoms with van der Waals surface area (Å²) in [6.45, 7) is 0.348. The zero-order valence-electron chi connectivity index (χ0n) is 9.33. The quantitative estimate of drug-likeness (QED) is 0.780. The van der Waals surface area contributed by atoms with E-state index in [0.29, 0.717) is 17.9 Å². The van der Waals surface area contributed by atoms with Crippen LogP contribution >= 0.6 is 0 Å². The maximum absolute atomic E-state index is 11.3. The first-order valence-corrected chi connectivity index (χ1v) is 5.02. The molecule has 0 unspecified atom stereocenters. The predicted molar refractivity (Wildman–Crippen MR) is 60.6 cm³/mol. The molecule has 0 aromatic carbocycles. The average molecular weight is 232 g/mol. The minimum atomic E-state index is -0.378. The standard InChI is InChI=1S/C11H12N4O2/c1-17-11(16)8-2-3-15(6-8)10-4-9(5-12)13-7-14-10/h2-4,6-7H,5,12H2,1H3. The van der Waals surface area contributed by atoms with E-state index in [2.05, 4.69) is 14.7 Å². The van der Waals surface area contributed by atoms with E-state index in [9.17, 15) is 4.79 Å². The van der Waals surface area contributed by atoms with Crippen LogP contribution in [0.4, 0.5) is 0 Å². The molecule has 0 atom stereocenters. The average Bonchev–Trinajstić information content (AvgIpc) is 2.87. The van der Waals surface area contributed by atoms with Gasteiger partial charge in [-0.25, -0.2) is 14.8 Å². The van der Waals surface area contributed by atoms with Gasteiger partial charge in [0.25, 0.3) is 0 Å². The molecule has 0 radical (unpaired) electrons. The SMILES string of the molecule is COC(=O)c1ccn(-c2cc(CN)ncn2)c1. The molecule has 0 spiro atoms. The summed E-state index contributed by atoms with van der Waals surface area (Å²) in [5, 5.41) is 0. The number of nitrogens with zero attached hydrogens (tertiary/aromatic N) is 3. The molecule has 2 rings (SSSR count). The van der Waals surface area contributed by atoms with Crippen LogP contribution in [0.5, 0.6) is 0 Å². The Labute approximate surface area is 98.1 Å². The van der Waals surface area contributed by atoms with Crippen LogP contribution in [0.2, 0.25) is 0 Å². The van der Waals surface area contributed by atoms with Crippen LogP contribution in [0.3, 0.4) is 0 Å². The number of aromatic nitrogens is 3. The Kier molecular flexibility index (Phi) is 3.15. The number of ether oxygens (including phenoxy) is 1. The highest BCUT2D eigenvalue weighted by atomic mass is 16.5. The number of esters is 1. The molecule has 2 aromatic rings. The van der Waals surface area contributed by atoms with Crippen molar-refractivity contribution in [1.82, 2.24) is 14.5 Å². The van der Waals surface area contributed by atoms with Crippen molar-refractivity contribution >= 4 is 5.97 Å². The second-order valence-corrected chi connectivity index (χ2v) is 3.37. The van der Waals surface area contributed by atoms with Gasteiger partial charge in [-0.05, 0) is 6.07 Å². The summed E-state index contributed by atoms with van der Waals surface area (Å²) in [7, 11) is 1.34. The highest BCUT2D eigenvalue weighted by Crippen LogP contribution is 2.09. The Bertz CT molecular complexity index is 536. The highest BCUT2D eigenvalue weighted by molar-refractivity contribution is 5.89. The molecule has 0 aliphatic rings. The van der Waals surface area contributed by atoms with Crippen LogP contribution in [-0.2, 0) is 11.3 Å². The van der Waals surface area contributed by atoms with Crippen LogP contribution in [0.25, 0.3) is 5.82 Å². The number of carbonyl (C=O) groups excluding carboxylic acids is 1. The Hall–Kier alpha value is -2.21. The minimum absolute atomic E-state index is 0.348. The molecule has 2 N–H and O–H groups in total. The van der Waals surface area contributed by atoms with E-state index in [1.54, 1.807) is 29.1 Å². The lowest BCUT2D eigenvalue weighted by molar-refractivity contribution is 0.0601. The molecular weight excluding hydrogens is 220 g/mol. The largest absolute Gasteiger partial charge is 0.465 e. The monoisotopic (exact) mass is 232 g/mol. The van der Waals surface area contributed by atoms with Crippen molar-refractivity contribution in [3.8, 4) is 5.82 Å². The Balaban J connectivity index is 2.33. The molecule has 0 saturated heterocycles. The zero-order valence-corrected chi connectivity index (χ0v) is 9.33. The zero-order chi connectivity index (χ0) is 12.3. The molecule has 0 aliphatic heterocycles. The third kappa shape index (κ3) is 2.31. The summed E-state index contributed by atoms with van der Waals surface area (Å²) in [6.07, 6.45) is 4.82. The maximum Gasteiger partial charge on any atom is 0.339 e. The van der Waals surface area contributed by atoms with Crippen molar-refractivity contribution < 1.29 is 9.53 Å². The molecule has 0 bridgehead atoms. The Morgan fingerprint density at radius 1 is 1.53 bits per heavy atom. The molecule has 0 amide bonds. The van der Waals surface area contributed by atoms with E-state index < -0.39 is 0 Å². The highest BCUT2D eigenvalue weighted by Gasteiger charge is 2.08. The number of methoxy groups -OCH3 is 1. The second-order valence-electron chi connectivity index (χ2n) is 3.37. The maximum atomic E-state index is 11.3. The van der Waals surface area contributed by atoms with Crippen LogP contribution in [-0.4, -0.2) is 27.6 Å². The molecule has 88 valence electrons. The van der Waals surface area contributed by atoms with Gasteiger partial charge in [-0.15, -0.1) is 0 Å². The normalized spacial score (nSPS) is 10.2. The molecule has 2 aromatic heterocycles. The fraction of sp³-hybridized carbons (Fsp3) is 0.182. The summed E-state index contributed by atoms with van der Waals surface area (Å²) in [5.41, 5.74) is 6.71. The first kappa shape index (κ1) is 11.3. The summed E-state index contributed by atoms with van der Waals surface area (Å²) >= 11 is 0. The molecule has 0 aliphatic carbocycles. The number of carbonyl (C=O) groups is 1. The second kappa shape index (κ2) is 4.75. The summed E-state index contributed by atoms with van der Waals surface area (Å²) in [4.78, 5) is 19.4. The molecule has 0 fully saturated rings. The smallest absolute Gasteiger partial charge is 0.339 e. The van der Waals surface area contributed by atoms with E-state index >= 15 is 0 Å². The van der Waals surface area contributed by atoms with Gasteiger partial charge >= 0.3 is 5.97 Å². The van der Waals surface area contributed by atoms with E-state index in [1.807, 2.05) is 0 Å². The number of rotatable bonds is 3. The van der Waals surface area contributed by atoms with Crippen molar-refractivity contribution in [2.75, 3.05) is 7.11 Å². The van der Waals surface area contributed by atoms with Crippen LogP contribution in [0.15, 0.2) is 30.9 Å². The lowest BCUT2D eigenvalue weighted by Gasteiger charge is -2.02. The van der Waals surface area contributed by atoms with Gasteiger partial charge in [-0.2, -0.15) is 0 Å². The fourth-order valence-corrected chi connectivity index (χ4v) is 1.42. The molecule has 2 heterocycles. The first-order valence-electron chi connectivity index (χ1n) is 5.02. The lowest BCUT2D eigenvalue weighted by Crippen LogP contribution is -2.03. The van der Waals surface area contributed by atoms with Crippen molar-refractivity contribution in [2.45, 2.75) is 6.54 Å². The van der Waals surface area contributed by atoms with E-state index in [-0.39, 0.29) is 5.97 Å². The number of nitrogens with two attached hydrogens (primary N) is 1. The molecule has 17 heavy (non-hydrogen) atoms. The van der Waals surface area contributed by atoms with Crippen molar-refractivity contribution in [3.05, 3.63) is 42.1 Å². The number of hydrogen-bond donors (Lipinski definition) is 1. The Morgan fingerprint density at radius 3 is 3.06 bits per heavy atom. The van der Waals surface area contributed by atoms with E-state index in [1.165, 1.54) is 13.4 Å². The topological polar surface area (TPSA) is 83.0 Å². The molecule has 6 heteroatoms. The van der Waals surface area contributed by atoms with E-state index in [4.69, 9.17) is 5.73 Å². The third-order valence-electron chi connectivity index (χ3n) is 2.30. The first-order chi connectivity index (χ1) is 8.24. The lowest BCUT2D eigenvalue weighted by atomic mass is 10.3. The van der Waals surface area contributed by atoms with Crippen molar-refractivity contribution in [1.29, 1.82) is 0 Å². The summed E-state index contributed by atoms with van der Waals surface area (Å²) in [5.74, 6) is 0.285. The Morgan fingerprint density at radius 2 is 2.35 bits per heavy atom. The van der Waals surface area contributed by atoms with E-state index in [0.717, 1.165) is 5.69 Å². The van der Waals surface area contributed by atoms with Gasteiger partial charge in [0.2, 0.25) is 0 Å². The third-order valence-corrected chi connectivity index (χ3v) is 2.30. The van der Waals surface area contributed by atoms with Crippen molar-refractivity contribution in [3.63, 3.8) is 0 Å². The fourth-order valence-electron chi connectivity index (χ4n) is 1.42. The molecular formula is C11H12N4O2. The summed E-state index contributed by atoms with van der Waals surface area (Å²) in [6, 6.07) is 3.43. The van der Waals surface area contributed by atoms with Crippen LogP contribution in [0.1, 0.15) is 16.1 Å². The van der Waals surface area contributed by atoms with Gasteiger partial charge in [0.05, 0.1) is 18.4 Å². The van der Waals surface area contributed by atoms with Gasteiger partial charge in [-0.3, -0.25) is 0 Å². The van der Waals surface area contributed by atoms with Gasteiger partial charge in [0, 0.05) is 25.0 Å². The van der Waals surface area contributed by atoms with Gasteiger partial charge in [0.1, 0.15) is 12.1 Å². The molecule has 0 saturated carbocycles. The predicted octanol–water partition coefficient (Wildman–Crippen LogP) is 0.513. The van der Waals surface area contributed by atoms with Crippen molar-refractivity contribution in [2.24, 2.45) is 5.73 Å². The molecule has 6 nitrogen and oxygen atoms in total. The van der Waals surface area contributed by atoms with Gasteiger partial charge in [0.15, 0.2) is 0 Å². The minimum Gasteiger partial charge on any atom is -0.465 e.